The summed E-state index contributed by atoms with van der Waals surface area (Å²) in [5, 5.41) is 13.5. The monoisotopic (exact) mass is 287 g/mol. The van der Waals surface area contributed by atoms with E-state index in [-0.39, 0.29) is 5.56 Å². The summed E-state index contributed by atoms with van der Waals surface area (Å²) in [6.07, 6.45) is 3.87. The number of carboxylic acids is 1. The van der Waals surface area contributed by atoms with Gasteiger partial charge in [0.05, 0.1) is 6.54 Å². The minimum absolute atomic E-state index is 0.289. The minimum atomic E-state index is -0.925. The van der Waals surface area contributed by atoms with Crippen LogP contribution >= 0.6 is 0 Å². The van der Waals surface area contributed by atoms with Gasteiger partial charge in [-0.05, 0) is 30.9 Å². The molecule has 0 spiro atoms. The van der Waals surface area contributed by atoms with E-state index in [0.29, 0.717) is 29.2 Å². The molecular weight excluding hydrogens is 266 g/mol. The zero-order chi connectivity index (χ0) is 14.8. The second kappa shape index (κ2) is 5.90. The number of fused-ring (bicyclic) bond motifs is 1. The van der Waals surface area contributed by atoms with Gasteiger partial charge >= 0.3 is 5.97 Å². The number of benzene rings is 1. The number of carbonyl (C=O) groups is 1. The summed E-state index contributed by atoms with van der Waals surface area (Å²) in [5.74, 6) is 1.05. The Morgan fingerprint density at radius 2 is 2.19 bits per heavy atom. The number of furan rings is 1. The first-order valence-electron chi connectivity index (χ1n) is 7.61. The Balaban J connectivity index is 1.74. The first-order valence-corrected chi connectivity index (χ1v) is 7.61. The first-order chi connectivity index (χ1) is 10.2. The third-order valence-corrected chi connectivity index (χ3v) is 4.61. The van der Waals surface area contributed by atoms with Crippen molar-refractivity contribution in [2.24, 2.45) is 11.8 Å². The molecule has 1 aliphatic rings. The van der Waals surface area contributed by atoms with Gasteiger partial charge in [-0.1, -0.05) is 38.0 Å². The van der Waals surface area contributed by atoms with E-state index < -0.39 is 5.97 Å². The SMILES string of the molecule is CC1CCCC1CNCc1oc2ccccc2c1C(=O)O. The summed E-state index contributed by atoms with van der Waals surface area (Å²) in [5.41, 5.74) is 0.929. The van der Waals surface area contributed by atoms with Crippen molar-refractivity contribution >= 4 is 16.9 Å². The highest BCUT2D eigenvalue weighted by molar-refractivity contribution is 6.03. The van der Waals surface area contributed by atoms with Gasteiger partial charge in [0.2, 0.25) is 0 Å². The molecule has 0 aliphatic heterocycles. The summed E-state index contributed by atoms with van der Waals surface area (Å²) in [7, 11) is 0. The van der Waals surface area contributed by atoms with Gasteiger partial charge in [-0.2, -0.15) is 0 Å². The van der Waals surface area contributed by atoms with Gasteiger partial charge < -0.3 is 14.8 Å². The van der Waals surface area contributed by atoms with Crippen molar-refractivity contribution in [2.45, 2.75) is 32.7 Å². The Bertz CT molecular complexity index is 647. The maximum Gasteiger partial charge on any atom is 0.339 e. The molecule has 2 aromatic rings. The number of aromatic carboxylic acids is 1. The van der Waals surface area contributed by atoms with E-state index >= 15 is 0 Å². The standard InChI is InChI=1S/C17H21NO3/c1-11-5-4-6-12(11)9-18-10-15-16(17(19)20)13-7-2-3-8-14(13)21-15/h2-3,7-8,11-12,18H,4-6,9-10H2,1H3,(H,19,20). The molecule has 1 saturated carbocycles. The number of hydrogen-bond acceptors (Lipinski definition) is 3. The molecule has 21 heavy (non-hydrogen) atoms. The number of hydrogen-bond donors (Lipinski definition) is 2. The molecule has 2 atom stereocenters. The van der Waals surface area contributed by atoms with Crippen LogP contribution in [-0.4, -0.2) is 17.6 Å². The number of carboxylic acid groups (broad SMARTS) is 1. The smallest absolute Gasteiger partial charge is 0.339 e. The molecule has 1 fully saturated rings. The van der Waals surface area contributed by atoms with E-state index in [0.717, 1.165) is 12.5 Å². The molecule has 4 nitrogen and oxygen atoms in total. The van der Waals surface area contributed by atoms with Gasteiger partial charge in [0.15, 0.2) is 0 Å². The maximum atomic E-state index is 11.5. The van der Waals surface area contributed by atoms with Crippen molar-refractivity contribution in [1.82, 2.24) is 5.32 Å². The topological polar surface area (TPSA) is 62.5 Å². The predicted octanol–water partition coefficient (Wildman–Crippen LogP) is 3.66. The molecule has 0 radical (unpaired) electrons. The van der Waals surface area contributed by atoms with Crippen LogP contribution in [0.3, 0.4) is 0 Å². The van der Waals surface area contributed by atoms with E-state index in [1.54, 1.807) is 6.07 Å². The third kappa shape index (κ3) is 2.81. The van der Waals surface area contributed by atoms with Crippen LogP contribution in [0.25, 0.3) is 11.0 Å². The van der Waals surface area contributed by atoms with Crippen molar-refractivity contribution in [2.75, 3.05) is 6.54 Å². The van der Waals surface area contributed by atoms with Gasteiger partial charge in [-0.3, -0.25) is 0 Å². The fourth-order valence-electron chi connectivity index (χ4n) is 3.35. The van der Waals surface area contributed by atoms with Crippen LogP contribution < -0.4 is 5.32 Å². The number of nitrogens with one attached hydrogen (secondary N) is 1. The summed E-state index contributed by atoms with van der Waals surface area (Å²) < 4.78 is 5.71. The van der Waals surface area contributed by atoms with Gasteiger partial charge in [-0.25, -0.2) is 4.79 Å². The molecule has 0 bridgehead atoms. The second-order valence-electron chi connectivity index (χ2n) is 6.00. The average molecular weight is 287 g/mol. The van der Waals surface area contributed by atoms with Gasteiger partial charge in [0.1, 0.15) is 16.9 Å². The molecule has 1 heterocycles. The highest BCUT2D eigenvalue weighted by atomic mass is 16.4. The normalized spacial score (nSPS) is 22.0. The first kappa shape index (κ1) is 14.1. The van der Waals surface area contributed by atoms with Crippen LogP contribution in [0.1, 0.15) is 42.3 Å². The molecule has 1 aromatic carbocycles. The fraction of sp³-hybridized carbons (Fsp3) is 0.471. The lowest BCUT2D eigenvalue weighted by Crippen LogP contribution is -2.24. The zero-order valence-electron chi connectivity index (χ0n) is 12.3. The Morgan fingerprint density at radius 1 is 1.38 bits per heavy atom. The molecule has 1 aliphatic carbocycles. The Hall–Kier alpha value is -1.81. The molecular formula is C17H21NO3. The third-order valence-electron chi connectivity index (χ3n) is 4.61. The van der Waals surface area contributed by atoms with Crippen molar-refractivity contribution in [1.29, 1.82) is 0 Å². The van der Waals surface area contributed by atoms with E-state index in [9.17, 15) is 9.90 Å². The minimum Gasteiger partial charge on any atom is -0.478 e. The molecule has 112 valence electrons. The van der Waals surface area contributed by atoms with E-state index in [1.807, 2.05) is 18.2 Å². The van der Waals surface area contributed by atoms with Crippen molar-refractivity contribution in [3.63, 3.8) is 0 Å². The molecule has 1 aromatic heterocycles. The predicted molar refractivity (Wildman–Crippen MR) is 81.4 cm³/mol. The lowest BCUT2D eigenvalue weighted by atomic mass is 9.98. The van der Waals surface area contributed by atoms with E-state index in [4.69, 9.17) is 4.42 Å². The zero-order valence-corrected chi connectivity index (χ0v) is 12.3. The van der Waals surface area contributed by atoms with Crippen LogP contribution in [0.2, 0.25) is 0 Å². The van der Waals surface area contributed by atoms with E-state index in [1.165, 1.54) is 19.3 Å². The van der Waals surface area contributed by atoms with Gasteiger partial charge in [0.25, 0.3) is 0 Å². The van der Waals surface area contributed by atoms with Crippen LogP contribution in [0.4, 0.5) is 0 Å². The highest BCUT2D eigenvalue weighted by Gasteiger charge is 2.24. The lowest BCUT2D eigenvalue weighted by Gasteiger charge is -2.15. The van der Waals surface area contributed by atoms with Crippen LogP contribution in [0.5, 0.6) is 0 Å². The number of para-hydroxylation sites is 1. The summed E-state index contributed by atoms with van der Waals surface area (Å²) in [6, 6.07) is 7.30. The van der Waals surface area contributed by atoms with Gasteiger partial charge in [0, 0.05) is 5.39 Å². The molecule has 4 heteroatoms. The maximum absolute atomic E-state index is 11.5. The molecule has 2 N–H and O–H groups in total. The van der Waals surface area contributed by atoms with Gasteiger partial charge in [-0.15, -0.1) is 0 Å². The van der Waals surface area contributed by atoms with E-state index in [2.05, 4.69) is 12.2 Å². The van der Waals surface area contributed by atoms with Crippen molar-refractivity contribution < 1.29 is 14.3 Å². The van der Waals surface area contributed by atoms with Crippen LogP contribution in [0.15, 0.2) is 28.7 Å². The fourth-order valence-corrected chi connectivity index (χ4v) is 3.35. The Morgan fingerprint density at radius 3 is 2.90 bits per heavy atom. The Kier molecular flexibility index (Phi) is 3.97. The summed E-state index contributed by atoms with van der Waals surface area (Å²) in [4.78, 5) is 11.5. The van der Waals surface area contributed by atoms with Crippen molar-refractivity contribution in [3.8, 4) is 0 Å². The summed E-state index contributed by atoms with van der Waals surface area (Å²) in [6.45, 7) is 3.69. The quantitative estimate of drug-likeness (QED) is 0.881. The second-order valence-corrected chi connectivity index (χ2v) is 6.00. The molecule has 0 amide bonds. The Labute approximate surface area is 124 Å². The lowest BCUT2D eigenvalue weighted by molar-refractivity contribution is 0.0696. The molecule has 0 saturated heterocycles. The highest BCUT2D eigenvalue weighted by Crippen LogP contribution is 2.31. The number of rotatable bonds is 5. The molecule has 2 unspecified atom stereocenters. The van der Waals surface area contributed by atoms with Crippen LogP contribution in [0, 0.1) is 11.8 Å². The largest absolute Gasteiger partial charge is 0.478 e. The average Bonchev–Trinajstić information content (AvgIpc) is 3.02. The van der Waals surface area contributed by atoms with Crippen molar-refractivity contribution in [3.05, 3.63) is 35.6 Å². The molecule has 3 rings (SSSR count). The summed E-state index contributed by atoms with van der Waals surface area (Å²) >= 11 is 0. The van der Waals surface area contributed by atoms with Crippen LogP contribution in [-0.2, 0) is 6.54 Å².